The molecule has 0 saturated carbocycles. The van der Waals surface area contributed by atoms with Gasteiger partial charge in [-0.1, -0.05) is 41.9 Å². The van der Waals surface area contributed by atoms with Crippen LogP contribution in [0.2, 0.25) is 5.02 Å². The van der Waals surface area contributed by atoms with Gasteiger partial charge in [0.05, 0.1) is 4.92 Å². The van der Waals surface area contributed by atoms with Crippen molar-refractivity contribution in [2.75, 3.05) is 0 Å². The molecule has 0 aliphatic carbocycles. The highest BCUT2D eigenvalue weighted by Gasteiger charge is 2.18. The number of benzene rings is 2. The van der Waals surface area contributed by atoms with Gasteiger partial charge in [0.15, 0.2) is 5.78 Å². The number of rotatable bonds is 4. The Kier molecular flexibility index (Phi) is 4.15. The van der Waals surface area contributed by atoms with Gasteiger partial charge in [0.1, 0.15) is 0 Å². The van der Waals surface area contributed by atoms with E-state index in [1.807, 2.05) is 0 Å². The number of nitrogens with zero attached hydrogens (tertiary/aromatic N) is 1. The van der Waals surface area contributed by atoms with Crippen LogP contribution in [0.25, 0.3) is 0 Å². The number of halogens is 1. The molecular formula is C15H12ClNO3. The number of carbonyl (C=O) groups is 1. The van der Waals surface area contributed by atoms with Crippen molar-refractivity contribution < 1.29 is 9.72 Å². The van der Waals surface area contributed by atoms with Crippen molar-refractivity contribution in [3.05, 3.63) is 74.3 Å². The van der Waals surface area contributed by atoms with Crippen LogP contribution in [0.5, 0.6) is 0 Å². The van der Waals surface area contributed by atoms with E-state index in [-0.39, 0.29) is 17.9 Å². The molecule has 4 nitrogen and oxygen atoms in total. The topological polar surface area (TPSA) is 60.2 Å². The van der Waals surface area contributed by atoms with Crippen molar-refractivity contribution in [2.45, 2.75) is 13.3 Å². The first-order valence-corrected chi connectivity index (χ1v) is 6.39. The second-order valence-corrected chi connectivity index (χ2v) is 4.81. The van der Waals surface area contributed by atoms with Gasteiger partial charge >= 0.3 is 0 Å². The molecule has 0 amide bonds. The molecule has 2 rings (SSSR count). The van der Waals surface area contributed by atoms with Crippen molar-refractivity contribution in [2.24, 2.45) is 0 Å². The number of ketones is 1. The molecule has 2 aromatic rings. The van der Waals surface area contributed by atoms with E-state index in [0.29, 0.717) is 21.7 Å². The first-order valence-electron chi connectivity index (χ1n) is 6.01. The van der Waals surface area contributed by atoms with Crippen molar-refractivity contribution in [3.63, 3.8) is 0 Å². The van der Waals surface area contributed by atoms with Gasteiger partial charge in [0.2, 0.25) is 0 Å². The van der Waals surface area contributed by atoms with Crippen LogP contribution in [0.1, 0.15) is 21.5 Å². The lowest BCUT2D eigenvalue weighted by Gasteiger charge is -2.07. The van der Waals surface area contributed by atoms with E-state index >= 15 is 0 Å². The van der Waals surface area contributed by atoms with E-state index in [2.05, 4.69) is 0 Å². The fourth-order valence-electron chi connectivity index (χ4n) is 2.02. The molecule has 0 bridgehead atoms. The van der Waals surface area contributed by atoms with E-state index < -0.39 is 4.92 Å². The third kappa shape index (κ3) is 2.86. The van der Waals surface area contributed by atoms with E-state index in [9.17, 15) is 14.9 Å². The maximum absolute atomic E-state index is 12.3. The number of Topliss-reactive ketones (excluding diaryl/α,β-unsaturated/α-hetero) is 1. The second-order valence-electron chi connectivity index (χ2n) is 4.40. The number of para-hydroxylation sites is 1. The van der Waals surface area contributed by atoms with Crippen LogP contribution in [0, 0.1) is 17.0 Å². The minimum absolute atomic E-state index is 0.0155. The number of carbonyl (C=O) groups excluding carboxylic acids is 1. The molecule has 2 aromatic carbocycles. The highest BCUT2D eigenvalue weighted by atomic mass is 35.5. The number of hydrogen-bond donors (Lipinski definition) is 0. The van der Waals surface area contributed by atoms with Gasteiger partial charge in [0.25, 0.3) is 5.69 Å². The molecule has 0 radical (unpaired) electrons. The van der Waals surface area contributed by atoms with Crippen molar-refractivity contribution in [3.8, 4) is 0 Å². The minimum atomic E-state index is -0.479. The Bertz CT molecular complexity index is 683. The Morgan fingerprint density at radius 3 is 2.60 bits per heavy atom. The third-order valence-electron chi connectivity index (χ3n) is 3.11. The third-order valence-corrected chi connectivity index (χ3v) is 3.52. The molecule has 0 aliphatic heterocycles. The van der Waals surface area contributed by atoms with Crippen molar-refractivity contribution in [1.29, 1.82) is 0 Å². The normalized spacial score (nSPS) is 10.3. The van der Waals surface area contributed by atoms with Crippen LogP contribution >= 0.6 is 11.6 Å². The number of hydrogen-bond acceptors (Lipinski definition) is 3. The van der Waals surface area contributed by atoms with Gasteiger partial charge in [-0.25, -0.2) is 0 Å². The Labute approximate surface area is 121 Å². The Hall–Kier alpha value is -2.20. The predicted octanol–water partition coefficient (Wildman–Crippen LogP) is 3.98. The van der Waals surface area contributed by atoms with Crippen LogP contribution in [0.15, 0.2) is 42.5 Å². The summed E-state index contributed by atoms with van der Waals surface area (Å²) in [6.45, 7) is 1.76. The van der Waals surface area contributed by atoms with Crippen LogP contribution < -0.4 is 0 Å². The zero-order valence-electron chi connectivity index (χ0n) is 10.8. The number of nitro benzene ring substituents is 1. The molecule has 0 saturated heterocycles. The predicted molar refractivity (Wildman–Crippen MR) is 77.3 cm³/mol. The van der Waals surface area contributed by atoms with E-state index in [1.165, 1.54) is 6.07 Å². The van der Waals surface area contributed by atoms with Crippen molar-refractivity contribution in [1.82, 2.24) is 0 Å². The molecule has 5 heteroatoms. The van der Waals surface area contributed by atoms with Crippen molar-refractivity contribution >= 4 is 23.1 Å². The molecule has 0 atom stereocenters. The van der Waals surface area contributed by atoms with E-state index in [4.69, 9.17) is 11.6 Å². The largest absolute Gasteiger partial charge is 0.294 e. The summed E-state index contributed by atoms with van der Waals surface area (Å²) in [5, 5.41) is 11.4. The fraction of sp³-hybridized carbons (Fsp3) is 0.133. The first kappa shape index (κ1) is 14.2. The van der Waals surface area contributed by atoms with Gasteiger partial charge in [0, 0.05) is 28.6 Å². The van der Waals surface area contributed by atoms with Gasteiger partial charge in [-0.3, -0.25) is 14.9 Å². The highest BCUT2D eigenvalue weighted by molar-refractivity contribution is 6.31. The zero-order valence-corrected chi connectivity index (χ0v) is 11.6. The quantitative estimate of drug-likeness (QED) is 0.486. The van der Waals surface area contributed by atoms with Gasteiger partial charge in [-0.2, -0.15) is 0 Å². The monoisotopic (exact) mass is 289 g/mol. The molecule has 0 N–H and O–H groups in total. The summed E-state index contributed by atoms with van der Waals surface area (Å²) in [5.74, 6) is -0.181. The highest BCUT2D eigenvalue weighted by Crippen LogP contribution is 2.23. The Morgan fingerprint density at radius 1 is 1.20 bits per heavy atom. The molecule has 0 spiro atoms. The SMILES string of the molecule is Cc1c(Cl)cccc1C(=O)Cc1ccccc1[N+](=O)[O-]. The lowest BCUT2D eigenvalue weighted by atomic mass is 9.98. The van der Waals surface area contributed by atoms with E-state index in [1.54, 1.807) is 43.3 Å². The van der Waals surface area contributed by atoms with E-state index in [0.717, 1.165) is 0 Å². The summed E-state index contributed by atoms with van der Waals surface area (Å²) < 4.78 is 0. The van der Waals surface area contributed by atoms with Crippen LogP contribution in [-0.4, -0.2) is 10.7 Å². The molecule has 0 fully saturated rings. The van der Waals surface area contributed by atoms with Gasteiger partial charge < -0.3 is 0 Å². The summed E-state index contributed by atoms with van der Waals surface area (Å²) in [6, 6.07) is 11.3. The van der Waals surface area contributed by atoms with Gasteiger partial charge in [-0.05, 0) is 18.6 Å². The molecule has 0 unspecified atom stereocenters. The Morgan fingerprint density at radius 2 is 1.90 bits per heavy atom. The lowest BCUT2D eigenvalue weighted by molar-refractivity contribution is -0.385. The fourth-order valence-corrected chi connectivity index (χ4v) is 2.19. The zero-order chi connectivity index (χ0) is 14.7. The molecule has 0 aliphatic rings. The summed E-state index contributed by atoms with van der Waals surface area (Å²) in [5.41, 5.74) is 1.55. The lowest BCUT2D eigenvalue weighted by Crippen LogP contribution is -2.07. The van der Waals surface area contributed by atoms with Crippen LogP contribution in [0.4, 0.5) is 5.69 Å². The molecule has 0 aromatic heterocycles. The van der Waals surface area contributed by atoms with Crippen LogP contribution in [-0.2, 0) is 6.42 Å². The average molecular weight is 290 g/mol. The summed E-state index contributed by atoms with van der Waals surface area (Å²) in [4.78, 5) is 22.7. The smallest absolute Gasteiger partial charge is 0.273 e. The first-order chi connectivity index (χ1) is 9.50. The standard InChI is InChI=1S/C15H12ClNO3/c1-10-12(6-4-7-13(10)16)15(18)9-11-5-2-3-8-14(11)17(19)20/h2-8H,9H2,1H3. The number of nitro groups is 1. The Balaban J connectivity index is 2.33. The molecule has 20 heavy (non-hydrogen) atoms. The second kappa shape index (κ2) is 5.84. The van der Waals surface area contributed by atoms with Gasteiger partial charge in [-0.15, -0.1) is 0 Å². The molecule has 102 valence electrons. The minimum Gasteiger partial charge on any atom is -0.294 e. The summed E-state index contributed by atoms with van der Waals surface area (Å²) >= 11 is 5.98. The summed E-state index contributed by atoms with van der Waals surface area (Å²) in [7, 11) is 0. The molecular weight excluding hydrogens is 278 g/mol. The maximum atomic E-state index is 12.3. The van der Waals surface area contributed by atoms with Crippen LogP contribution in [0.3, 0.4) is 0 Å². The molecule has 0 heterocycles. The summed E-state index contributed by atoms with van der Waals surface area (Å²) in [6.07, 6.45) is -0.0155. The average Bonchev–Trinajstić information content (AvgIpc) is 2.42. The maximum Gasteiger partial charge on any atom is 0.273 e.